The maximum atomic E-state index is 4.99. The minimum atomic E-state index is 0.831. The molecule has 2 nitrogen and oxygen atoms in total. The quantitative estimate of drug-likeness (QED) is 0.760. The van der Waals surface area contributed by atoms with Gasteiger partial charge in [0, 0.05) is 16.1 Å². The van der Waals surface area contributed by atoms with Gasteiger partial charge in [-0.25, -0.2) is 0 Å². The lowest BCUT2D eigenvalue weighted by atomic mass is 10.1. The molecule has 0 amide bonds. The Morgan fingerprint density at radius 3 is 2.46 bits per heavy atom. The molecule has 0 spiro atoms. The average Bonchev–Trinajstić information content (AvgIpc) is 2.53. The van der Waals surface area contributed by atoms with Gasteiger partial charge in [-0.15, -0.1) is 0 Å². The molecule has 1 heterocycles. The fourth-order valence-electron chi connectivity index (χ4n) is 1.12. The standard InChI is InChI=1S/C10H8BrNO/c1-7-6-10(12-13-7)8-2-4-9(11)5-3-8/h2-6H,1H3. The zero-order valence-electron chi connectivity index (χ0n) is 7.12. The lowest BCUT2D eigenvalue weighted by Gasteiger charge is -1.94. The van der Waals surface area contributed by atoms with Crippen LogP contribution in [0.2, 0.25) is 0 Å². The van der Waals surface area contributed by atoms with E-state index in [1.54, 1.807) is 0 Å². The molecular formula is C10H8BrNO. The first kappa shape index (κ1) is 8.51. The number of benzene rings is 1. The lowest BCUT2D eigenvalue weighted by Crippen LogP contribution is -1.75. The van der Waals surface area contributed by atoms with Crippen molar-refractivity contribution in [2.45, 2.75) is 6.92 Å². The summed E-state index contributed by atoms with van der Waals surface area (Å²) < 4.78 is 6.05. The smallest absolute Gasteiger partial charge is 0.134 e. The van der Waals surface area contributed by atoms with Crippen molar-refractivity contribution in [3.63, 3.8) is 0 Å². The highest BCUT2D eigenvalue weighted by molar-refractivity contribution is 9.10. The Bertz CT molecular complexity index is 405. The van der Waals surface area contributed by atoms with Crippen LogP contribution < -0.4 is 0 Å². The Morgan fingerprint density at radius 1 is 1.23 bits per heavy atom. The summed E-state index contributed by atoms with van der Waals surface area (Å²) >= 11 is 3.38. The third-order valence-corrected chi connectivity index (χ3v) is 2.30. The van der Waals surface area contributed by atoms with Crippen LogP contribution in [0.5, 0.6) is 0 Å². The van der Waals surface area contributed by atoms with Crippen LogP contribution in [0.1, 0.15) is 5.76 Å². The van der Waals surface area contributed by atoms with Crippen molar-refractivity contribution in [1.82, 2.24) is 5.16 Å². The third kappa shape index (κ3) is 1.80. The number of hydrogen-bond acceptors (Lipinski definition) is 2. The highest BCUT2D eigenvalue weighted by Gasteiger charge is 2.02. The molecule has 13 heavy (non-hydrogen) atoms. The zero-order chi connectivity index (χ0) is 9.26. The Hall–Kier alpha value is -1.09. The van der Waals surface area contributed by atoms with Gasteiger partial charge in [0.1, 0.15) is 11.5 Å². The minimum absolute atomic E-state index is 0.831. The van der Waals surface area contributed by atoms with E-state index in [9.17, 15) is 0 Å². The summed E-state index contributed by atoms with van der Waals surface area (Å²) in [5.41, 5.74) is 1.95. The molecular weight excluding hydrogens is 230 g/mol. The minimum Gasteiger partial charge on any atom is -0.361 e. The Labute approximate surface area is 84.7 Å². The molecule has 0 radical (unpaired) electrons. The van der Waals surface area contributed by atoms with E-state index in [1.807, 2.05) is 37.3 Å². The summed E-state index contributed by atoms with van der Waals surface area (Å²) in [6, 6.07) is 9.89. The number of nitrogens with zero attached hydrogens (tertiary/aromatic N) is 1. The van der Waals surface area contributed by atoms with Crippen molar-refractivity contribution < 1.29 is 4.52 Å². The number of rotatable bonds is 1. The second-order valence-corrected chi connectivity index (χ2v) is 3.75. The number of aryl methyl sites for hydroxylation is 1. The van der Waals surface area contributed by atoms with Gasteiger partial charge in [0.15, 0.2) is 0 Å². The van der Waals surface area contributed by atoms with Crippen molar-refractivity contribution in [3.05, 3.63) is 40.6 Å². The summed E-state index contributed by atoms with van der Waals surface area (Å²) in [7, 11) is 0. The summed E-state index contributed by atoms with van der Waals surface area (Å²) in [5, 5.41) is 3.93. The molecule has 0 unspecified atom stereocenters. The van der Waals surface area contributed by atoms with Crippen LogP contribution in [-0.2, 0) is 0 Å². The van der Waals surface area contributed by atoms with Crippen LogP contribution in [0.4, 0.5) is 0 Å². The summed E-state index contributed by atoms with van der Waals surface area (Å²) in [6.07, 6.45) is 0. The van der Waals surface area contributed by atoms with E-state index >= 15 is 0 Å². The highest BCUT2D eigenvalue weighted by Crippen LogP contribution is 2.20. The van der Waals surface area contributed by atoms with E-state index in [0.29, 0.717) is 0 Å². The topological polar surface area (TPSA) is 26.0 Å². The fraction of sp³-hybridized carbons (Fsp3) is 0.100. The monoisotopic (exact) mass is 237 g/mol. The molecule has 2 rings (SSSR count). The highest BCUT2D eigenvalue weighted by atomic mass is 79.9. The molecule has 0 atom stereocenters. The average molecular weight is 238 g/mol. The van der Waals surface area contributed by atoms with Crippen molar-refractivity contribution in [1.29, 1.82) is 0 Å². The second kappa shape index (κ2) is 3.34. The predicted molar refractivity (Wildman–Crippen MR) is 54.4 cm³/mol. The summed E-state index contributed by atoms with van der Waals surface area (Å²) in [6.45, 7) is 1.88. The van der Waals surface area contributed by atoms with Crippen molar-refractivity contribution in [2.75, 3.05) is 0 Å². The van der Waals surface area contributed by atoms with Gasteiger partial charge in [-0.3, -0.25) is 0 Å². The van der Waals surface area contributed by atoms with Crippen LogP contribution in [0.25, 0.3) is 11.3 Å². The summed E-state index contributed by atoms with van der Waals surface area (Å²) in [5.74, 6) is 0.831. The maximum absolute atomic E-state index is 4.99. The molecule has 0 fully saturated rings. The molecule has 0 aliphatic carbocycles. The number of halogens is 1. The Kier molecular flexibility index (Phi) is 2.19. The first-order valence-electron chi connectivity index (χ1n) is 3.95. The van der Waals surface area contributed by atoms with E-state index in [1.165, 1.54) is 0 Å². The van der Waals surface area contributed by atoms with E-state index in [0.717, 1.165) is 21.5 Å². The second-order valence-electron chi connectivity index (χ2n) is 2.83. The SMILES string of the molecule is Cc1cc(-c2ccc(Br)cc2)no1. The van der Waals surface area contributed by atoms with E-state index < -0.39 is 0 Å². The van der Waals surface area contributed by atoms with Crippen LogP contribution in [0, 0.1) is 6.92 Å². The van der Waals surface area contributed by atoms with E-state index in [-0.39, 0.29) is 0 Å². The Morgan fingerprint density at radius 2 is 1.92 bits per heavy atom. The molecule has 0 N–H and O–H groups in total. The van der Waals surface area contributed by atoms with Gasteiger partial charge in [-0.1, -0.05) is 33.2 Å². The lowest BCUT2D eigenvalue weighted by molar-refractivity contribution is 0.399. The molecule has 3 heteroatoms. The fourth-order valence-corrected chi connectivity index (χ4v) is 1.39. The molecule has 1 aromatic heterocycles. The molecule has 0 saturated carbocycles. The van der Waals surface area contributed by atoms with Crippen LogP contribution in [-0.4, -0.2) is 5.16 Å². The molecule has 0 aliphatic heterocycles. The molecule has 2 aromatic rings. The van der Waals surface area contributed by atoms with Crippen molar-refractivity contribution in [3.8, 4) is 11.3 Å². The Balaban J connectivity index is 2.41. The van der Waals surface area contributed by atoms with Crippen LogP contribution in [0.15, 0.2) is 39.3 Å². The molecule has 0 bridgehead atoms. The molecule has 0 aliphatic rings. The first-order valence-corrected chi connectivity index (χ1v) is 4.74. The molecule has 66 valence electrons. The zero-order valence-corrected chi connectivity index (χ0v) is 8.71. The van der Waals surface area contributed by atoms with Gasteiger partial charge in [-0.2, -0.15) is 0 Å². The summed E-state index contributed by atoms with van der Waals surface area (Å²) in [4.78, 5) is 0. The molecule has 1 aromatic carbocycles. The molecule has 0 saturated heterocycles. The van der Waals surface area contributed by atoms with Gasteiger partial charge in [-0.05, 0) is 19.1 Å². The van der Waals surface area contributed by atoms with E-state index in [4.69, 9.17) is 4.52 Å². The van der Waals surface area contributed by atoms with Crippen LogP contribution in [0.3, 0.4) is 0 Å². The maximum Gasteiger partial charge on any atom is 0.134 e. The van der Waals surface area contributed by atoms with Crippen molar-refractivity contribution >= 4 is 15.9 Å². The van der Waals surface area contributed by atoms with Crippen LogP contribution >= 0.6 is 15.9 Å². The van der Waals surface area contributed by atoms with Crippen molar-refractivity contribution in [2.24, 2.45) is 0 Å². The van der Waals surface area contributed by atoms with E-state index in [2.05, 4.69) is 21.1 Å². The first-order chi connectivity index (χ1) is 6.25. The number of aromatic nitrogens is 1. The van der Waals surface area contributed by atoms with Gasteiger partial charge in [0.2, 0.25) is 0 Å². The predicted octanol–water partition coefficient (Wildman–Crippen LogP) is 3.41. The normalized spacial score (nSPS) is 10.3. The van der Waals surface area contributed by atoms with Gasteiger partial charge < -0.3 is 4.52 Å². The van der Waals surface area contributed by atoms with Gasteiger partial charge in [0.05, 0.1) is 0 Å². The van der Waals surface area contributed by atoms with Gasteiger partial charge in [0.25, 0.3) is 0 Å². The number of hydrogen-bond donors (Lipinski definition) is 0. The van der Waals surface area contributed by atoms with Gasteiger partial charge >= 0.3 is 0 Å². The largest absolute Gasteiger partial charge is 0.361 e. The third-order valence-electron chi connectivity index (χ3n) is 1.77.